The fourth-order valence-corrected chi connectivity index (χ4v) is 2.29. The molecule has 0 aliphatic rings. The Morgan fingerprint density at radius 2 is 1.65 bits per heavy atom. The van der Waals surface area contributed by atoms with Crippen LogP contribution in [0.4, 0.5) is 0 Å². The van der Waals surface area contributed by atoms with Crippen molar-refractivity contribution in [3.63, 3.8) is 0 Å². The Balaban J connectivity index is 1.90. The van der Waals surface area contributed by atoms with Crippen molar-refractivity contribution in [2.24, 2.45) is 5.92 Å². The van der Waals surface area contributed by atoms with Crippen LogP contribution in [0.2, 0.25) is 0 Å². The first kappa shape index (κ1) is 14.8. The van der Waals surface area contributed by atoms with E-state index in [2.05, 4.69) is 64.7 Å². The lowest BCUT2D eigenvalue weighted by molar-refractivity contribution is 0.455. The summed E-state index contributed by atoms with van der Waals surface area (Å²) in [7, 11) is 0. The van der Waals surface area contributed by atoms with Gasteiger partial charge in [0.2, 0.25) is 0 Å². The van der Waals surface area contributed by atoms with Gasteiger partial charge in [0.25, 0.3) is 0 Å². The summed E-state index contributed by atoms with van der Waals surface area (Å²) in [6.07, 6.45) is 3.73. The first-order valence-electron chi connectivity index (χ1n) is 7.31. The number of nitrogens with one attached hydrogen (secondary N) is 1. The van der Waals surface area contributed by atoms with E-state index in [0.29, 0.717) is 12.0 Å². The molecule has 0 amide bonds. The summed E-state index contributed by atoms with van der Waals surface area (Å²) in [5.41, 5.74) is 2.45. The van der Waals surface area contributed by atoms with E-state index in [9.17, 15) is 0 Å². The highest BCUT2D eigenvalue weighted by molar-refractivity contribution is 5.03. The maximum Gasteiger partial charge on any atom is 0.0525 e. The van der Waals surface area contributed by atoms with E-state index in [0.717, 1.165) is 19.6 Å². The molecule has 20 heavy (non-hydrogen) atoms. The molecule has 2 aromatic heterocycles. The second-order valence-corrected chi connectivity index (χ2v) is 5.86. The van der Waals surface area contributed by atoms with Crippen LogP contribution >= 0.6 is 0 Å². The van der Waals surface area contributed by atoms with Crippen LogP contribution in [0.25, 0.3) is 0 Å². The van der Waals surface area contributed by atoms with Gasteiger partial charge in [-0.1, -0.05) is 13.8 Å². The topological polar surface area (TPSA) is 47.7 Å². The summed E-state index contributed by atoms with van der Waals surface area (Å²) in [6.45, 7) is 11.3. The van der Waals surface area contributed by atoms with Crippen LogP contribution in [0.1, 0.15) is 45.1 Å². The summed E-state index contributed by atoms with van der Waals surface area (Å²) >= 11 is 0. The van der Waals surface area contributed by atoms with Crippen molar-refractivity contribution < 1.29 is 0 Å². The zero-order chi connectivity index (χ0) is 14.5. The highest BCUT2D eigenvalue weighted by Gasteiger charge is 2.07. The molecular weight excluding hydrogens is 250 g/mol. The van der Waals surface area contributed by atoms with Gasteiger partial charge in [0.15, 0.2) is 0 Å². The molecule has 0 saturated carbocycles. The second-order valence-electron chi connectivity index (χ2n) is 5.86. The summed E-state index contributed by atoms with van der Waals surface area (Å²) in [5, 5.41) is 12.2. The molecule has 0 atom stereocenters. The normalized spacial score (nSPS) is 11.7. The third-order valence-corrected chi connectivity index (χ3v) is 3.20. The highest BCUT2D eigenvalue weighted by atomic mass is 15.3. The van der Waals surface area contributed by atoms with E-state index < -0.39 is 0 Å². The molecule has 0 bridgehead atoms. The molecule has 0 saturated heterocycles. The Morgan fingerprint density at radius 1 is 1.00 bits per heavy atom. The average molecular weight is 275 g/mol. The molecule has 5 heteroatoms. The Hall–Kier alpha value is -1.62. The molecule has 0 radical (unpaired) electrons. The fraction of sp³-hybridized carbons (Fsp3) is 0.600. The molecular formula is C15H25N5. The van der Waals surface area contributed by atoms with E-state index in [1.54, 1.807) is 0 Å². The minimum atomic E-state index is 0.397. The number of nitrogens with zero attached hydrogens (tertiary/aromatic N) is 4. The second kappa shape index (κ2) is 6.70. The number of hydrogen-bond acceptors (Lipinski definition) is 3. The summed E-state index contributed by atoms with van der Waals surface area (Å²) in [6, 6.07) is 4.54. The standard InChI is InChI=1S/C15H25N5/c1-12(2)11-19-14(5-7-17-19)9-16-10-15-6-8-18-20(15)13(3)4/h5-8,12-13,16H,9-11H2,1-4H3. The first-order chi connectivity index (χ1) is 9.58. The Morgan fingerprint density at radius 3 is 2.35 bits per heavy atom. The lowest BCUT2D eigenvalue weighted by atomic mass is 10.2. The van der Waals surface area contributed by atoms with Gasteiger partial charge in [0, 0.05) is 38.1 Å². The Kier molecular flexibility index (Phi) is 4.95. The van der Waals surface area contributed by atoms with E-state index in [1.807, 2.05) is 12.4 Å². The predicted molar refractivity (Wildman–Crippen MR) is 80.2 cm³/mol. The Labute approximate surface area is 121 Å². The van der Waals surface area contributed by atoms with Crippen molar-refractivity contribution in [1.29, 1.82) is 0 Å². The molecule has 1 N–H and O–H groups in total. The summed E-state index contributed by atoms with van der Waals surface area (Å²) < 4.78 is 4.13. The lowest BCUT2D eigenvalue weighted by Crippen LogP contribution is -2.20. The molecule has 5 nitrogen and oxygen atoms in total. The van der Waals surface area contributed by atoms with E-state index >= 15 is 0 Å². The summed E-state index contributed by atoms with van der Waals surface area (Å²) in [4.78, 5) is 0. The van der Waals surface area contributed by atoms with Crippen molar-refractivity contribution in [2.45, 2.75) is 53.4 Å². The van der Waals surface area contributed by atoms with Gasteiger partial charge >= 0.3 is 0 Å². The van der Waals surface area contributed by atoms with E-state index in [4.69, 9.17) is 0 Å². The van der Waals surface area contributed by atoms with Crippen LogP contribution in [-0.4, -0.2) is 19.6 Å². The van der Waals surface area contributed by atoms with Crippen molar-refractivity contribution >= 4 is 0 Å². The average Bonchev–Trinajstić information content (AvgIpc) is 2.98. The van der Waals surface area contributed by atoms with Crippen LogP contribution in [0, 0.1) is 5.92 Å². The monoisotopic (exact) mass is 275 g/mol. The van der Waals surface area contributed by atoms with Gasteiger partial charge in [-0.25, -0.2) is 0 Å². The largest absolute Gasteiger partial charge is 0.306 e. The van der Waals surface area contributed by atoms with Gasteiger partial charge in [-0.05, 0) is 31.9 Å². The minimum absolute atomic E-state index is 0.397. The van der Waals surface area contributed by atoms with Crippen molar-refractivity contribution in [2.75, 3.05) is 0 Å². The van der Waals surface area contributed by atoms with Gasteiger partial charge < -0.3 is 5.32 Å². The molecule has 0 spiro atoms. The maximum absolute atomic E-state index is 4.38. The van der Waals surface area contributed by atoms with Gasteiger partial charge in [0.1, 0.15) is 0 Å². The third kappa shape index (κ3) is 3.70. The Bertz CT molecular complexity index is 524. The molecule has 0 fully saturated rings. The molecule has 110 valence electrons. The molecule has 0 aliphatic heterocycles. The smallest absolute Gasteiger partial charge is 0.0525 e. The van der Waals surface area contributed by atoms with Crippen LogP contribution in [0.3, 0.4) is 0 Å². The lowest BCUT2D eigenvalue weighted by Gasteiger charge is -2.13. The molecule has 0 aromatic carbocycles. The minimum Gasteiger partial charge on any atom is -0.306 e. The highest BCUT2D eigenvalue weighted by Crippen LogP contribution is 2.08. The first-order valence-corrected chi connectivity index (χ1v) is 7.31. The van der Waals surface area contributed by atoms with Crippen LogP contribution in [-0.2, 0) is 19.6 Å². The zero-order valence-corrected chi connectivity index (χ0v) is 12.9. The molecule has 0 unspecified atom stereocenters. The fourth-order valence-electron chi connectivity index (χ4n) is 2.29. The van der Waals surface area contributed by atoms with Crippen LogP contribution < -0.4 is 5.32 Å². The van der Waals surface area contributed by atoms with Crippen LogP contribution in [0.15, 0.2) is 24.5 Å². The molecule has 2 heterocycles. The van der Waals surface area contributed by atoms with Gasteiger partial charge in [-0.15, -0.1) is 0 Å². The van der Waals surface area contributed by atoms with Gasteiger partial charge in [-0.2, -0.15) is 10.2 Å². The summed E-state index contributed by atoms with van der Waals surface area (Å²) in [5.74, 6) is 0.607. The number of aromatic nitrogens is 4. The zero-order valence-electron chi connectivity index (χ0n) is 12.9. The SMILES string of the molecule is CC(C)Cn1nccc1CNCc1ccnn1C(C)C. The van der Waals surface area contributed by atoms with Crippen molar-refractivity contribution in [3.05, 3.63) is 35.9 Å². The molecule has 0 aliphatic carbocycles. The van der Waals surface area contributed by atoms with E-state index in [1.165, 1.54) is 11.4 Å². The predicted octanol–water partition coefficient (Wildman–Crippen LogP) is 2.61. The van der Waals surface area contributed by atoms with Crippen molar-refractivity contribution in [3.8, 4) is 0 Å². The van der Waals surface area contributed by atoms with Crippen molar-refractivity contribution in [1.82, 2.24) is 24.9 Å². The van der Waals surface area contributed by atoms with E-state index in [-0.39, 0.29) is 0 Å². The number of hydrogen-bond donors (Lipinski definition) is 1. The van der Waals surface area contributed by atoms with Gasteiger partial charge in [0.05, 0.1) is 11.4 Å². The molecule has 2 rings (SSSR count). The quantitative estimate of drug-likeness (QED) is 0.845. The third-order valence-electron chi connectivity index (χ3n) is 3.20. The number of rotatable bonds is 7. The van der Waals surface area contributed by atoms with Gasteiger partial charge in [-0.3, -0.25) is 9.36 Å². The maximum atomic E-state index is 4.38. The molecule has 2 aromatic rings. The van der Waals surface area contributed by atoms with Crippen LogP contribution in [0.5, 0.6) is 0 Å².